The van der Waals surface area contributed by atoms with Crippen LogP contribution < -0.4 is 10.6 Å². The summed E-state index contributed by atoms with van der Waals surface area (Å²) in [7, 11) is 0. The van der Waals surface area contributed by atoms with Crippen molar-refractivity contribution in [2.75, 3.05) is 13.2 Å². The number of carboxylic acids is 1. The lowest BCUT2D eigenvalue weighted by Gasteiger charge is -2.28. The van der Waals surface area contributed by atoms with Crippen LogP contribution in [0.5, 0.6) is 0 Å². The van der Waals surface area contributed by atoms with Crippen molar-refractivity contribution in [3.05, 3.63) is 0 Å². The Kier molecular flexibility index (Phi) is 4.70. The van der Waals surface area contributed by atoms with Crippen molar-refractivity contribution in [1.29, 1.82) is 0 Å². The van der Waals surface area contributed by atoms with Crippen LogP contribution in [0.1, 0.15) is 19.8 Å². The third-order valence-electron chi connectivity index (χ3n) is 2.78. The number of aliphatic carboxylic acids is 1. The normalized spacial score (nSPS) is 27.1. The van der Waals surface area contributed by atoms with Gasteiger partial charge in [-0.3, -0.25) is 4.79 Å². The van der Waals surface area contributed by atoms with Gasteiger partial charge in [0.2, 0.25) is 5.91 Å². The molecule has 0 aliphatic carbocycles. The average molecular weight is 230 g/mol. The first-order chi connectivity index (χ1) is 7.54. The summed E-state index contributed by atoms with van der Waals surface area (Å²) >= 11 is 0. The lowest BCUT2D eigenvalue weighted by molar-refractivity contribution is -0.143. The highest BCUT2D eigenvalue weighted by molar-refractivity contribution is 5.87. The number of carbonyl (C=O) groups is 2. The maximum absolute atomic E-state index is 11.7. The highest BCUT2D eigenvalue weighted by Gasteiger charge is 2.27. The summed E-state index contributed by atoms with van der Waals surface area (Å²) in [6.45, 7) is 2.22. The van der Waals surface area contributed by atoms with Gasteiger partial charge in [0, 0.05) is 0 Å². The molecule has 3 unspecified atom stereocenters. The number of aliphatic hydroxyl groups excluding tert-OH is 1. The molecule has 1 rings (SSSR count). The number of carboxylic acid groups (broad SMARTS) is 1. The average Bonchev–Trinajstić information content (AvgIpc) is 2.25. The summed E-state index contributed by atoms with van der Waals surface area (Å²) in [5.74, 6) is -1.12. The van der Waals surface area contributed by atoms with Crippen LogP contribution in [0.15, 0.2) is 0 Å². The molecule has 1 saturated heterocycles. The molecule has 92 valence electrons. The second-order valence-corrected chi connectivity index (χ2v) is 4.22. The topological polar surface area (TPSA) is 98.7 Å². The van der Waals surface area contributed by atoms with Crippen LogP contribution in [0.25, 0.3) is 0 Å². The summed E-state index contributed by atoms with van der Waals surface area (Å²) in [5.41, 5.74) is 0. The van der Waals surface area contributed by atoms with E-state index in [9.17, 15) is 9.59 Å². The molecule has 0 aromatic rings. The fourth-order valence-corrected chi connectivity index (χ4v) is 1.77. The van der Waals surface area contributed by atoms with E-state index in [0.717, 1.165) is 13.0 Å². The fourth-order valence-electron chi connectivity index (χ4n) is 1.77. The first-order valence-electron chi connectivity index (χ1n) is 5.42. The number of amides is 1. The number of piperidine rings is 1. The van der Waals surface area contributed by atoms with Crippen molar-refractivity contribution in [3.63, 3.8) is 0 Å². The molecule has 0 saturated carbocycles. The van der Waals surface area contributed by atoms with Crippen molar-refractivity contribution < 1.29 is 19.8 Å². The zero-order valence-electron chi connectivity index (χ0n) is 9.27. The largest absolute Gasteiger partial charge is 0.480 e. The maximum atomic E-state index is 11.7. The molecule has 3 atom stereocenters. The monoisotopic (exact) mass is 230 g/mol. The predicted octanol–water partition coefficient (Wildman–Crippen LogP) is -1.06. The van der Waals surface area contributed by atoms with E-state index in [2.05, 4.69) is 17.6 Å². The Morgan fingerprint density at radius 1 is 1.56 bits per heavy atom. The van der Waals surface area contributed by atoms with Crippen LogP contribution in [-0.4, -0.2) is 47.3 Å². The van der Waals surface area contributed by atoms with E-state index in [4.69, 9.17) is 10.2 Å². The number of rotatable bonds is 4. The zero-order valence-corrected chi connectivity index (χ0v) is 9.27. The number of hydrogen-bond acceptors (Lipinski definition) is 4. The van der Waals surface area contributed by atoms with Crippen molar-refractivity contribution in [3.8, 4) is 0 Å². The van der Waals surface area contributed by atoms with Crippen LogP contribution in [0.3, 0.4) is 0 Å². The highest BCUT2D eigenvalue weighted by Crippen LogP contribution is 2.14. The Morgan fingerprint density at radius 2 is 2.25 bits per heavy atom. The van der Waals surface area contributed by atoms with Crippen LogP contribution >= 0.6 is 0 Å². The molecule has 1 amide bonds. The van der Waals surface area contributed by atoms with E-state index in [1.165, 1.54) is 0 Å². The molecule has 1 aliphatic rings. The molecule has 0 spiro atoms. The third kappa shape index (κ3) is 3.46. The summed E-state index contributed by atoms with van der Waals surface area (Å²) in [5, 5.41) is 22.8. The molecule has 1 fully saturated rings. The van der Waals surface area contributed by atoms with Gasteiger partial charge in [0.15, 0.2) is 0 Å². The second kappa shape index (κ2) is 5.81. The molecule has 0 aromatic carbocycles. The molecule has 6 nitrogen and oxygen atoms in total. The molecular formula is C10H18N2O4. The molecule has 16 heavy (non-hydrogen) atoms. The minimum Gasteiger partial charge on any atom is -0.480 e. The minimum atomic E-state index is -1.22. The highest BCUT2D eigenvalue weighted by atomic mass is 16.4. The zero-order chi connectivity index (χ0) is 12.1. The van der Waals surface area contributed by atoms with Crippen LogP contribution in [-0.2, 0) is 9.59 Å². The van der Waals surface area contributed by atoms with E-state index < -0.39 is 18.6 Å². The second-order valence-electron chi connectivity index (χ2n) is 4.22. The number of carbonyl (C=O) groups excluding carboxylic acids is 1. The Hall–Kier alpha value is -1.14. The van der Waals surface area contributed by atoms with E-state index in [-0.39, 0.29) is 11.9 Å². The van der Waals surface area contributed by atoms with Gasteiger partial charge in [0.1, 0.15) is 6.04 Å². The Morgan fingerprint density at radius 3 is 2.75 bits per heavy atom. The van der Waals surface area contributed by atoms with Crippen molar-refractivity contribution in [1.82, 2.24) is 10.6 Å². The quantitative estimate of drug-likeness (QED) is 0.493. The number of nitrogens with one attached hydrogen (secondary N) is 2. The van der Waals surface area contributed by atoms with Crippen LogP contribution in [0.4, 0.5) is 0 Å². The summed E-state index contributed by atoms with van der Waals surface area (Å²) in [6, 6.07) is -1.57. The summed E-state index contributed by atoms with van der Waals surface area (Å²) < 4.78 is 0. The summed E-state index contributed by atoms with van der Waals surface area (Å²) in [6.07, 6.45) is 1.72. The molecule has 1 aliphatic heterocycles. The fraction of sp³-hybridized carbons (Fsp3) is 0.800. The maximum Gasteiger partial charge on any atom is 0.328 e. The Balaban J connectivity index is 2.47. The van der Waals surface area contributed by atoms with E-state index >= 15 is 0 Å². The molecule has 1 heterocycles. The van der Waals surface area contributed by atoms with Crippen molar-refractivity contribution in [2.45, 2.75) is 31.8 Å². The van der Waals surface area contributed by atoms with Gasteiger partial charge in [-0.1, -0.05) is 6.92 Å². The molecule has 4 N–H and O–H groups in total. The van der Waals surface area contributed by atoms with Gasteiger partial charge in [-0.25, -0.2) is 4.79 Å². The standard InChI is InChI=1S/C10H18N2O4/c1-6-2-3-11-7(4-6)9(14)12-8(5-13)10(15)16/h6-8,11,13H,2-5H2,1H3,(H,12,14)(H,15,16). The van der Waals surface area contributed by atoms with Gasteiger partial charge in [0.25, 0.3) is 0 Å². The third-order valence-corrected chi connectivity index (χ3v) is 2.78. The predicted molar refractivity (Wildman–Crippen MR) is 56.8 cm³/mol. The number of aliphatic hydroxyl groups is 1. The lowest BCUT2D eigenvalue weighted by Crippen LogP contribution is -2.53. The first-order valence-corrected chi connectivity index (χ1v) is 5.42. The molecular weight excluding hydrogens is 212 g/mol. The van der Waals surface area contributed by atoms with Crippen molar-refractivity contribution >= 4 is 11.9 Å². The molecule has 0 radical (unpaired) electrons. The van der Waals surface area contributed by atoms with E-state index in [1.54, 1.807) is 0 Å². The van der Waals surface area contributed by atoms with E-state index in [0.29, 0.717) is 12.3 Å². The van der Waals surface area contributed by atoms with Crippen LogP contribution in [0, 0.1) is 5.92 Å². The lowest BCUT2D eigenvalue weighted by atomic mass is 9.94. The van der Waals surface area contributed by atoms with E-state index in [1.807, 2.05) is 0 Å². The van der Waals surface area contributed by atoms with Gasteiger partial charge in [-0.15, -0.1) is 0 Å². The Labute approximate surface area is 94.0 Å². The Bertz CT molecular complexity index is 270. The summed E-state index contributed by atoms with van der Waals surface area (Å²) in [4.78, 5) is 22.3. The smallest absolute Gasteiger partial charge is 0.328 e. The van der Waals surface area contributed by atoms with Gasteiger partial charge >= 0.3 is 5.97 Å². The van der Waals surface area contributed by atoms with Crippen molar-refractivity contribution in [2.24, 2.45) is 5.92 Å². The van der Waals surface area contributed by atoms with Gasteiger partial charge in [-0.05, 0) is 25.3 Å². The van der Waals surface area contributed by atoms with Gasteiger partial charge < -0.3 is 20.8 Å². The van der Waals surface area contributed by atoms with Gasteiger partial charge in [0.05, 0.1) is 12.6 Å². The molecule has 6 heteroatoms. The molecule has 0 aromatic heterocycles. The van der Waals surface area contributed by atoms with Crippen LogP contribution in [0.2, 0.25) is 0 Å². The minimum absolute atomic E-state index is 0.350. The first kappa shape index (κ1) is 12.9. The number of hydrogen-bond donors (Lipinski definition) is 4. The molecule has 0 bridgehead atoms. The SMILES string of the molecule is CC1CCNC(C(=O)NC(CO)C(=O)O)C1. The van der Waals surface area contributed by atoms with Gasteiger partial charge in [-0.2, -0.15) is 0 Å².